The lowest BCUT2D eigenvalue weighted by Crippen LogP contribution is -2.18. The molecule has 0 N–H and O–H groups in total. The number of hydrogen-bond donors (Lipinski definition) is 0. The van der Waals surface area contributed by atoms with Crippen LogP contribution < -0.4 is 9.80 Å². The molecule has 9 aromatic rings. The molecule has 0 fully saturated rings. The Morgan fingerprint density at radius 2 is 0.862 bits per heavy atom. The van der Waals surface area contributed by atoms with Crippen LogP contribution in [0.2, 0.25) is 0 Å². The molecular weight excluding hydrogens is 789 g/mol. The Labute approximate surface area is 382 Å². The van der Waals surface area contributed by atoms with Gasteiger partial charge in [-0.1, -0.05) is 129 Å². The van der Waals surface area contributed by atoms with E-state index in [4.69, 9.17) is 0 Å². The van der Waals surface area contributed by atoms with Crippen molar-refractivity contribution < 1.29 is 0 Å². The quantitative estimate of drug-likeness (QED) is 0.153. The molecule has 9 aromatic carbocycles. The van der Waals surface area contributed by atoms with E-state index in [0.717, 1.165) is 89.4 Å². The zero-order chi connectivity index (χ0) is 45.0. The smallest absolute Gasteiger partial charge is 0.101 e. The number of hydrogen-bond acceptors (Lipinski definition) is 4. The zero-order valence-corrected chi connectivity index (χ0v) is 37.6. The molecule has 312 valence electrons. The molecule has 0 amide bonds. The Morgan fingerprint density at radius 1 is 0.385 bits per heavy atom. The lowest BCUT2D eigenvalue weighted by molar-refractivity contribution is 0.661. The summed E-state index contributed by atoms with van der Waals surface area (Å²) in [4.78, 5) is 4.55. The van der Waals surface area contributed by atoms with Gasteiger partial charge in [0.1, 0.15) is 12.1 Å². The predicted molar refractivity (Wildman–Crippen MR) is 270 cm³/mol. The van der Waals surface area contributed by atoms with Crippen molar-refractivity contribution in [1.82, 2.24) is 0 Å². The second-order valence-electron chi connectivity index (χ2n) is 18.0. The van der Waals surface area contributed by atoms with Crippen LogP contribution in [0.15, 0.2) is 182 Å². The van der Waals surface area contributed by atoms with Gasteiger partial charge >= 0.3 is 0 Å². The number of anilines is 6. The summed E-state index contributed by atoms with van der Waals surface area (Å²) in [6, 6.07) is 69.3. The first-order valence-electron chi connectivity index (χ1n) is 22.2. The summed E-state index contributed by atoms with van der Waals surface area (Å²) < 4.78 is 0. The Balaban J connectivity index is 1.17. The van der Waals surface area contributed by atoms with Crippen LogP contribution in [0.25, 0.3) is 44.2 Å². The van der Waals surface area contributed by atoms with Gasteiger partial charge in [-0.3, -0.25) is 0 Å². The standard InChI is InChI=1S/C61H48N4/c1-39-27-40(2)30-50(29-39)64(57-25-21-45(33-47(57)37-62)43-15-9-7-10-16-43)49-23-24-54-55(35-49)61(5,6)56-36-59(52-19-13-14-20-53(52)60(54)56)65(51-31-41(3)28-42(4)32-51)58-26-22-46(34-48(58)38-63)44-17-11-8-12-18-44/h7-36H,1-6H3. The SMILES string of the molecule is Cc1cc(C)cc(N(c2ccc3c(c2)C(C)(C)c2cc(N(c4cc(C)cc(C)c4)c4ccc(-c5ccccc5)cc4C#N)c4ccccc4c2-3)c2ccc(-c3ccccc3)cc2C#N)c1. The summed E-state index contributed by atoms with van der Waals surface area (Å²) in [5.74, 6) is 0. The molecule has 0 aromatic heterocycles. The van der Waals surface area contributed by atoms with Gasteiger partial charge in [0.25, 0.3) is 0 Å². The van der Waals surface area contributed by atoms with E-state index in [-0.39, 0.29) is 0 Å². The summed E-state index contributed by atoms with van der Waals surface area (Å²) >= 11 is 0. The molecule has 0 spiro atoms. The maximum Gasteiger partial charge on any atom is 0.101 e. The van der Waals surface area contributed by atoms with Crippen LogP contribution in [0, 0.1) is 50.4 Å². The molecule has 1 aliphatic rings. The average Bonchev–Trinajstić information content (AvgIpc) is 3.54. The fourth-order valence-corrected chi connectivity index (χ4v) is 10.1. The molecule has 0 bridgehead atoms. The molecule has 0 saturated heterocycles. The van der Waals surface area contributed by atoms with E-state index in [1.54, 1.807) is 0 Å². The first-order valence-corrected chi connectivity index (χ1v) is 22.2. The van der Waals surface area contributed by atoms with Crippen molar-refractivity contribution in [3.05, 3.63) is 226 Å². The highest BCUT2D eigenvalue weighted by atomic mass is 15.2. The van der Waals surface area contributed by atoms with Gasteiger partial charge < -0.3 is 9.80 Å². The molecule has 0 aliphatic heterocycles. The summed E-state index contributed by atoms with van der Waals surface area (Å²) in [5.41, 5.74) is 20.0. The van der Waals surface area contributed by atoms with Crippen LogP contribution in [0.1, 0.15) is 58.4 Å². The molecule has 10 rings (SSSR count). The largest absolute Gasteiger partial charge is 0.309 e. The van der Waals surface area contributed by atoms with Gasteiger partial charge in [0, 0.05) is 27.9 Å². The fraction of sp³-hybridized carbons (Fsp3) is 0.115. The van der Waals surface area contributed by atoms with Crippen LogP contribution in [0.5, 0.6) is 0 Å². The van der Waals surface area contributed by atoms with Gasteiger partial charge in [-0.15, -0.1) is 0 Å². The lowest BCUT2D eigenvalue weighted by Gasteiger charge is -2.31. The Kier molecular flexibility index (Phi) is 10.2. The van der Waals surface area contributed by atoms with Gasteiger partial charge in [-0.2, -0.15) is 10.5 Å². The molecule has 0 radical (unpaired) electrons. The Bertz CT molecular complexity index is 3380. The van der Waals surface area contributed by atoms with Crippen molar-refractivity contribution in [2.24, 2.45) is 0 Å². The second kappa shape index (κ2) is 16.2. The van der Waals surface area contributed by atoms with E-state index < -0.39 is 5.41 Å². The number of fused-ring (bicyclic) bond motifs is 5. The van der Waals surface area contributed by atoms with Crippen LogP contribution in [0.3, 0.4) is 0 Å². The molecular formula is C61H48N4. The third-order valence-corrected chi connectivity index (χ3v) is 13.0. The molecule has 0 atom stereocenters. The highest BCUT2D eigenvalue weighted by Crippen LogP contribution is 2.56. The Hall–Kier alpha value is -8.18. The number of nitrogens with zero attached hydrogens (tertiary/aromatic N) is 4. The first-order chi connectivity index (χ1) is 31.5. The van der Waals surface area contributed by atoms with E-state index >= 15 is 0 Å². The van der Waals surface area contributed by atoms with Crippen molar-refractivity contribution in [3.63, 3.8) is 0 Å². The fourth-order valence-electron chi connectivity index (χ4n) is 10.1. The minimum Gasteiger partial charge on any atom is -0.309 e. The van der Waals surface area contributed by atoms with Crippen molar-refractivity contribution in [2.45, 2.75) is 47.0 Å². The molecule has 0 heterocycles. The lowest BCUT2D eigenvalue weighted by atomic mass is 9.81. The van der Waals surface area contributed by atoms with Gasteiger partial charge in [-0.25, -0.2) is 0 Å². The number of nitriles is 2. The maximum atomic E-state index is 10.9. The minimum atomic E-state index is -0.424. The van der Waals surface area contributed by atoms with Crippen LogP contribution in [-0.2, 0) is 5.41 Å². The third kappa shape index (κ3) is 7.20. The average molecular weight is 837 g/mol. The number of rotatable bonds is 8. The van der Waals surface area contributed by atoms with Crippen LogP contribution in [0.4, 0.5) is 34.1 Å². The summed E-state index contributed by atoms with van der Waals surface area (Å²) in [6.45, 7) is 13.2. The second-order valence-corrected chi connectivity index (χ2v) is 18.0. The van der Waals surface area contributed by atoms with Crippen molar-refractivity contribution >= 4 is 44.9 Å². The molecule has 1 aliphatic carbocycles. The maximum absolute atomic E-state index is 10.9. The van der Waals surface area contributed by atoms with E-state index in [9.17, 15) is 10.5 Å². The van der Waals surface area contributed by atoms with Crippen molar-refractivity contribution in [1.29, 1.82) is 10.5 Å². The molecule has 4 heteroatoms. The third-order valence-electron chi connectivity index (χ3n) is 13.0. The summed E-state index contributed by atoms with van der Waals surface area (Å²) in [7, 11) is 0. The van der Waals surface area contributed by atoms with E-state index in [1.807, 2.05) is 48.5 Å². The zero-order valence-electron chi connectivity index (χ0n) is 37.6. The molecule has 0 unspecified atom stereocenters. The van der Waals surface area contributed by atoms with Crippen LogP contribution >= 0.6 is 0 Å². The molecule has 4 nitrogen and oxygen atoms in total. The van der Waals surface area contributed by atoms with Gasteiger partial charge in [0.05, 0.1) is 28.2 Å². The number of benzene rings is 9. The highest BCUT2D eigenvalue weighted by molar-refractivity contribution is 6.10. The van der Waals surface area contributed by atoms with E-state index in [0.29, 0.717) is 11.1 Å². The summed E-state index contributed by atoms with van der Waals surface area (Å²) in [6.07, 6.45) is 0. The topological polar surface area (TPSA) is 54.1 Å². The summed E-state index contributed by atoms with van der Waals surface area (Å²) in [5, 5.41) is 23.9. The minimum absolute atomic E-state index is 0.424. The van der Waals surface area contributed by atoms with Gasteiger partial charge in [-0.05, 0) is 167 Å². The van der Waals surface area contributed by atoms with E-state index in [1.165, 1.54) is 22.3 Å². The first kappa shape index (κ1) is 40.9. The van der Waals surface area contributed by atoms with Gasteiger partial charge in [0.15, 0.2) is 0 Å². The predicted octanol–water partition coefficient (Wildman–Crippen LogP) is 16.4. The molecule has 65 heavy (non-hydrogen) atoms. The highest BCUT2D eigenvalue weighted by Gasteiger charge is 2.39. The normalized spacial score (nSPS) is 12.2. The van der Waals surface area contributed by atoms with E-state index in [2.05, 4.69) is 197 Å². The Morgan fingerprint density at radius 3 is 1.38 bits per heavy atom. The van der Waals surface area contributed by atoms with Crippen molar-refractivity contribution in [3.8, 4) is 45.5 Å². The molecule has 0 saturated carbocycles. The van der Waals surface area contributed by atoms with Gasteiger partial charge in [0.2, 0.25) is 0 Å². The monoisotopic (exact) mass is 836 g/mol. The van der Waals surface area contributed by atoms with Crippen molar-refractivity contribution in [2.75, 3.05) is 9.80 Å². The van der Waals surface area contributed by atoms with Crippen LogP contribution in [-0.4, -0.2) is 0 Å². The number of aryl methyl sites for hydroxylation is 4.